The number of hydrogen-bond acceptors (Lipinski definition) is 8. The molecular formula is C17H16N4O3S2. The maximum absolute atomic E-state index is 12.2. The molecule has 0 atom stereocenters. The van der Waals surface area contributed by atoms with E-state index >= 15 is 0 Å². The molecule has 0 saturated heterocycles. The second kappa shape index (κ2) is 8.24. The fourth-order valence-electron chi connectivity index (χ4n) is 2.17. The lowest BCUT2D eigenvalue weighted by Crippen LogP contribution is -2.07. The zero-order chi connectivity index (χ0) is 18.5. The van der Waals surface area contributed by atoms with E-state index in [-0.39, 0.29) is 17.4 Å². The molecule has 0 fully saturated rings. The van der Waals surface area contributed by atoms with Crippen LogP contribution >= 0.6 is 23.1 Å². The number of aryl methyl sites for hydroxylation is 1. The summed E-state index contributed by atoms with van der Waals surface area (Å²) in [7, 11) is 0. The smallest absolute Gasteiger partial charge is 0.277 e. The number of anilines is 1. The Morgan fingerprint density at radius 1 is 1.23 bits per heavy atom. The number of rotatable bonds is 7. The van der Waals surface area contributed by atoms with Gasteiger partial charge in [0.25, 0.3) is 5.22 Å². The first-order valence-corrected chi connectivity index (χ1v) is 9.63. The van der Waals surface area contributed by atoms with Gasteiger partial charge in [0.15, 0.2) is 5.78 Å². The van der Waals surface area contributed by atoms with Crippen LogP contribution in [0.25, 0.3) is 0 Å². The molecule has 134 valence electrons. The molecule has 2 aromatic heterocycles. The Kier molecular flexibility index (Phi) is 5.79. The number of thioether (sulfide) groups is 1. The number of ketones is 1. The molecular weight excluding hydrogens is 372 g/mol. The van der Waals surface area contributed by atoms with Gasteiger partial charge in [-0.05, 0) is 31.2 Å². The zero-order valence-corrected chi connectivity index (χ0v) is 15.8. The van der Waals surface area contributed by atoms with Crippen LogP contribution in [0.2, 0.25) is 0 Å². The van der Waals surface area contributed by atoms with E-state index in [4.69, 9.17) is 4.42 Å². The van der Waals surface area contributed by atoms with Gasteiger partial charge in [-0.3, -0.25) is 9.59 Å². The van der Waals surface area contributed by atoms with Crippen LogP contribution < -0.4 is 5.32 Å². The molecule has 0 aliphatic rings. The molecule has 3 aromatic rings. The largest absolute Gasteiger partial charge is 0.416 e. The van der Waals surface area contributed by atoms with Crippen molar-refractivity contribution in [2.75, 3.05) is 11.1 Å². The van der Waals surface area contributed by atoms with E-state index < -0.39 is 0 Å². The number of amides is 1. The van der Waals surface area contributed by atoms with Crippen LogP contribution in [0.15, 0.2) is 39.3 Å². The topological polar surface area (TPSA) is 98.0 Å². The molecule has 2 heterocycles. The first-order chi connectivity index (χ1) is 12.5. The molecule has 1 aromatic carbocycles. The van der Waals surface area contributed by atoms with Crippen molar-refractivity contribution in [3.05, 3.63) is 51.8 Å². The van der Waals surface area contributed by atoms with Crippen LogP contribution in [0.4, 0.5) is 5.69 Å². The van der Waals surface area contributed by atoms with Crippen molar-refractivity contribution in [1.29, 1.82) is 0 Å². The molecule has 0 aliphatic heterocycles. The number of carbonyl (C=O) groups excluding carboxylic acids is 2. The summed E-state index contributed by atoms with van der Waals surface area (Å²) in [6, 6.07) is 6.75. The standard InChI is InChI=1S/C17H16N4O3S2/c1-10(22)18-13-5-3-12(4-6-13)15(23)9-26-17-21-20-16(24-17)7-14-8-25-11(2)19-14/h3-6,8H,7,9H2,1-2H3,(H,18,22). The van der Waals surface area contributed by atoms with E-state index in [9.17, 15) is 9.59 Å². The predicted molar refractivity (Wildman–Crippen MR) is 99.8 cm³/mol. The molecule has 0 spiro atoms. The fraction of sp³-hybridized carbons (Fsp3) is 0.235. The molecule has 0 saturated carbocycles. The fourth-order valence-corrected chi connectivity index (χ4v) is 3.45. The minimum Gasteiger partial charge on any atom is -0.416 e. The summed E-state index contributed by atoms with van der Waals surface area (Å²) in [5.41, 5.74) is 2.10. The van der Waals surface area contributed by atoms with E-state index in [2.05, 4.69) is 20.5 Å². The van der Waals surface area contributed by atoms with Crippen LogP contribution in [0.3, 0.4) is 0 Å². The van der Waals surface area contributed by atoms with Gasteiger partial charge < -0.3 is 9.73 Å². The highest BCUT2D eigenvalue weighted by atomic mass is 32.2. The zero-order valence-electron chi connectivity index (χ0n) is 14.2. The number of aromatic nitrogens is 3. The summed E-state index contributed by atoms with van der Waals surface area (Å²) in [4.78, 5) is 27.6. The molecule has 0 unspecified atom stereocenters. The minimum atomic E-state index is -0.153. The SMILES string of the molecule is CC(=O)Nc1ccc(C(=O)CSc2nnc(Cc3csc(C)n3)o2)cc1. The van der Waals surface area contributed by atoms with Crippen LogP contribution in [0, 0.1) is 6.92 Å². The number of benzene rings is 1. The van der Waals surface area contributed by atoms with Gasteiger partial charge in [-0.25, -0.2) is 4.98 Å². The lowest BCUT2D eigenvalue weighted by molar-refractivity contribution is -0.114. The lowest BCUT2D eigenvalue weighted by Gasteiger charge is -2.03. The molecule has 26 heavy (non-hydrogen) atoms. The Hall–Kier alpha value is -2.52. The number of nitrogens with one attached hydrogen (secondary N) is 1. The molecule has 1 N–H and O–H groups in total. The monoisotopic (exact) mass is 388 g/mol. The van der Waals surface area contributed by atoms with Gasteiger partial charge in [0.1, 0.15) is 0 Å². The van der Waals surface area contributed by atoms with E-state index in [0.29, 0.717) is 28.8 Å². The highest BCUT2D eigenvalue weighted by molar-refractivity contribution is 7.99. The third kappa shape index (κ3) is 4.99. The highest BCUT2D eigenvalue weighted by Crippen LogP contribution is 2.20. The van der Waals surface area contributed by atoms with Crippen LogP contribution in [-0.4, -0.2) is 32.6 Å². The van der Waals surface area contributed by atoms with Gasteiger partial charge in [-0.15, -0.1) is 21.5 Å². The number of thiazole rings is 1. The average molecular weight is 388 g/mol. The average Bonchev–Trinajstić information content (AvgIpc) is 3.22. The molecule has 7 nitrogen and oxygen atoms in total. The summed E-state index contributed by atoms with van der Waals surface area (Å²) in [5.74, 6) is 0.459. The van der Waals surface area contributed by atoms with Gasteiger partial charge in [-0.2, -0.15) is 0 Å². The first kappa shape index (κ1) is 18.3. The lowest BCUT2D eigenvalue weighted by atomic mass is 10.1. The molecule has 3 rings (SSSR count). The van der Waals surface area contributed by atoms with Gasteiger partial charge in [0, 0.05) is 23.6 Å². The highest BCUT2D eigenvalue weighted by Gasteiger charge is 2.12. The summed E-state index contributed by atoms with van der Waals surface area (Å²) >= 11 is 2.77. The van der Waals surface area contributed by atoms with Crippen molar-refractivity contribution >= 4 is 40.5 Å². The first-order valence-electron chi connectivity index (χ1n) is 7.76. The summed E-state index contributed by atoms with van der Waals surface area (Å²) in [6.45, 7) is 3.38. The molecule has 9 heteroatoms. The van der Waals surface area contributed by atoms with Gasteiger partial charge >= 0.3 is 0 Å². The second-order valence-electron chi connectivity index (χ2n) is 5.47. The van der Waals surface area contributed by atoms with E-state index in [1.807, 2.05) is 12.3 Å². The maximum Gasteiger partial charge on any atom is 0.277 e. The summed E-state index contributed by atoms with van der Waals surface area (Å²) < 4.78 is 5.55. The number of Topliss-reactive ketones (excluding diaryl/α,β-unsaturated/α-hetero) is 1. The number of carbonyl (C=O) groups is 2. The summed E-state index contributed by atoms with van der Waals surface area (Å²) in [6.07, 6.45) is 0.483. The Balaban J connectivity index is 1.53. The van der Waals surface area contributed by atoms with Gasteiger partial charge in [0.2, 0.25) is 11.8 Å². The molecule has 1 amide bonds. The normalized spacial score (nSPS) is 10.7. The van der Waals surface area contributed by atoms with Crippen molar-refractivity contribution in [3.63, 3.8) is 0 Å². The third-order valence-electron chi connectivity index (χ3n) is 3.30. The molecule has 0 aliphatic carbocycles. The van der Waals surface area contributed by atoms with E-state index in [1.54, 1.807) is 35.6 Å². The van der Waals surface area contributed by atoms with Crippen molar-refractivity contribution in [2.24, 2.45) is 0 Å². The van der Waals surface area contributed by atoms with Crippen LogP contribution in [0.1, 0.15) is 33.9 Å². The van der Waals surface area contributed by atoms with E-state index in [0.717, 1.165) is 10.7 Å². The number of hydrogen-bond donors (Lipinski definition) is 1. The Bertz CT molecular complexity index is 918. The van der Waals surface area contributed by atoms with E-state index in [1.165, 1.54) is 18.7 Å². The van der Waals surface area contributed by atoms with Gasteiger partial charge in [0.05, 0.1) is 22.9 Å². The van der Waals surface area contributed by atoms with Crippen molar-refractivity contribution in [2.45, 2.75) is 25.5 Å². The van der Waals surface area contributed by atoms with Crippen LogP contribution in [-0.2, 0) is 11.2 Å². The third-order valence-corrected chi connectivity index (χ3v) is 4.94. The Morgan fingerprint density at radius 2 is 2.00 bits per heavy atom. The summed E-state index contributed by atoms with van der Waals surface area (Å²) in [5, 5.41) is 13.9. The Morgan fingerprint density at radius 3 is 2.65 bits per heavy atom. The van der Waals surface area contributed by atoms with Crippen LogP contribution in [0.5, 0.6) is 0 Å². The van der Waals surface area contributed by atoms with Crippen molar-refractivity contribution in [3.8, 4) is 0 Å². The maximum atomic E-state index is 12.2. The minimum absolute atomic E-state index is 0.0562. The second-order valence-corrected chi connectivity index (χ2v) is 7.46. The van der Waals surface area contributed by atoms with Crippen molar-refractivity contribution in [1.82, 2.24) is 15.2 Å². The Labute approximate surface area is 158 Å². The quantitative estimate of drug-likeness (QED) is 0.489. The van der Waals surface area contributed by atoms with Crippen molar-refractivity contribution < 1.29 is 14.0 Å². The molecule has 0 bridgehead atoms. The predicted octanol–water partition coefficient (Wildman–Crippen LogP) is 3.36. The molecule has 0 radical (unpaired) electrons. The number of nitrogens with zero attached hydrogens (tertiary/aromatic N) is 3. The van der Waals surface area contributed by atoms with Gasteiger partial charge in [-0.1, -0.05) is 11.8 Å².